The zero-order chi connectivity index (χ0) is 21.2. The molecule has 0 bridgehead atoms. The molecule has 5 nitrogen and oxygen atoms in total. The summed E-state index contributed by atoms with van der Waals surface area (Å²) in [7, 11) is 0. The van der Waals surface area contributed by atoms with E-state index in [1.165, 1.54) is 12.1 Å². The number of aromatic hydroxyl groups is 1. The lowest BCUT2D eigenvalue weighted by atomic mass is 10.1. The van der Waals surface area contributed by atoms with Crippen molar-refractivity contribution in [2.75, 3.05) is 0 Å². The maximum atomic E-state index is 12.6. The lowest BCUT2D eigenvalue weighted by Gasteiger charge is -2.13. The van der Waals surface area contributed by atoms with E-state index in [9.17, 15) is 15.2 Å². The minimum atomic E-state index is -1.07. The monoisotopic (exact) mass is 431 g/mol. The van der Waals surface area contributed by atoms with Crippen molar-refractivity contribution in [2.24, 2.45) is 17.3 Å². The Bertz CT molecular complexity index is 975. The standard InChI is InChI=1S/C22H19Cl2NO4/c1-22(2)17(11-19(23)24)20(22)21(27)29-18(12-25)13-4-3-5-16(10-13)28-15-8-6-14(26)7-9-15/h3-11,17-18,20,26H,1-2H3/t17-,18+,20-/m1/s1. The first-order valence-corrected chi connectivity index (χ1v) is 9.67. The summed E-state index contributed by atoms with van der Waals surface area (Å²) < 4.78 is 11.3. The molecule has 0 heterocycles. The van der Waals surface area contributed by atoms with Crippen LogP contribution in [0.15, 0.2) is 59.1 Å². The number of hydrogen-bond acceptors (Lipinski definition) is 5. The summed E-state index contributed by atoms with van der Waals surface area (Å²) in [5, 5.41) is 18.9. The van der Waals surface area contributed by atoms with Gasteiger partial charge in [-0.3, -0.25) is 4.79 Å². The van der Waals surface area contributed by atoms with Crippen LogP contribution in [0.1, 0.15) is 25.5 Å². The highest BCUT2D eigenvalue weighted by molar-refractivity contribution is 6.55. The number of esters is 1. The molecule has 1 fully saturated rings. The van der Waals surface area contributed by atoms with Crippen molar-refractivity contribution in [3.05, 3.63) is 64.7 Å². The van der Waals surface area contributed by atoms with Gasteiger partial charge < -0.3 is 14.6 Å². The first-order valence-electron chi connectivity index (χ1n) is 8.92. The van der Waals surface area contributed by atoms with E-state index in [0.717, 1.165) is 0 Å². The van der Waals surface area contributed by atoms with Crippen LogP contribution in [0.2, 0.25) is 0 Å². The van der Waals surface area contributed by atoms with Gasteiger partial charge in [-0.05, 0) is 53.8 Å². The minimum absolute atomic E-state index is 0.106. The summed E-state index contributed by atoms with van der Waals surface area (Å²) in [6.07, 6.45) is 0.557. The van der Waals surface area contributed by atoms with Crippen molar-refractivity contribution in [1.82, 2.24) is 0 Å². The second kappa shape index (κ2) is 8.36. The number of nitrogens with zero attached hydrogens (tertiary/aromatic N) is 1. The van der Waals surface area contributed by atoms with E-state index in [-0.39, 0.29) is 21.6 Å². The number of phenols is 1. The van der Waals surface area contributed by atoms with Gasteiger partial charge in [-0.2, -0.15) is 5.26 Å². The Hall–Kier alpha value is -2.68. The Kier molecular flexibility index (Phi) is 6.07. The molecule has 0 spiro atoms. The summed E-state index contributed by atoms with van der Waals surface area (Å²) in [5.74, 6) is 0.117. The molecule has 3 atom stereocenters. The second-order valence-corrected chi connectivity index (χ2v) is 8.40. The van der Waals surface area contributed by atoms with Crippen LogP contribution in [-0.2, 0) is 9.53 Å². The van der Waals surface area contributed by atoms with Crippen molar-refractivity contribution in [1.29, 1.82) is 5.26 Å². The quantitative estimate of drug-likeness (QED) is 0.577. The van der Waals surface area contributed by atoms with Crippen molar-refractivity contribution in [2.45, 2.75) is 20.0 Å². The number of hydrogen-bond donors (Lipinski definition) is 1. The molecule has 1 N–H and O–H groups in total. The Morgan fingerprint density at radius 3 is 2.52 bits per heavy atom. The summed E-state index contributed by atoms with van der Waals surface area (Å²) in [6, 6.07) is 15.0. The number of carbonyl (C=O) groups is 1. The summed E-state index contributed by atoms with van der Waals surface area (Å²) in [6.45, 7) is 3.84. The molecule has 1 saturated carbocycles. The first kappa shape index (κ1) is 21.0. The number of benzene rings is 2. The van der Waals surface area contributed by atoms with E-state index >= 15 is 0 Å². The number of rotatable bonds is 6. The van der Waals surface area contributed by atoms with Crippen LogP contribution in [0.5, 0.6) is 17.2 Å². The van der Waals surface area contributed by atoms with E-state index in [1.54, 1.807) is 42.5 Å². The highest BCUT2D eigenvalue weighted by Crippen LogP contribution is 2.60. The van der Waals surface area contributed by atoms with E-state index in [0.29, 0.717) is 17.1 Å². The molecule has 0 saturated heterocycles. The summed E-state index contributed by atoms with van der Waals surface area (Å²) in [5.41, 5.74) is 0.161. The Labute approximate surface area is 179 Å². The van der Waals surface area contributed by atoms with Gasteiger partial charge in [-0.25, -0.2) is 0 Å². The van der Waals surface area contributed by atoms with Crippen LogP contribution in [0.25, 0.3) is 0 Å². The van der Waals surface area contributed by atoms with Gasteiger partial charge >= 0.3 is 5.97 Å². The molecule has 0 aliphatic heterocycles. The third-order valence-electron chi connectivity index (χ3n) is 5.05. The number of carbonyl (C=O) groups excluding carboxylic acids is 1. The first-order chi connectivity index (χ1) is 13.7. The molecule has 3 rings (SSSR count). The van der Waals surface area contributed by atoms with Gasteiger partial charge in [0.05, 0.1) is 5.92 Å². The fourth-order valence-electron chi connectivity index (χ4n) is 3.32. The van der Waals surface area contributed by atoms with E-state index in [2.05, 4.69) is 0 Å². The summed E-state index contributed by atoms with van der Waals surface area (Å²) >= 11 is 11.5. The number of halogens is 2. The van der Waals surface area contributed by atoms with Crippen molar-refractivity contribution >= 4 is 29.2 Å². The molecule has 150 valence electrons. The maximum Gasteiger partial charge on any atom is 0.311 e. The molecule has 7 heteroatoms. The van der Waals surface area contributed by atoms with Crippen molar-refractivity contribution < 1.29 is 19.4 Å². The van der Waals surface area contributed by atoms with Gasteiger partial charge in [0.15, 0.2) is 0 Å². The predicted octanol–water partition coefficient (Wildman–Crippen LogP) is 5.88. The molecule has 0 radical (unpaired) electrons. The Morgan fingerprint density at radius 1 is 1.21 bits per heavy atom. The molecule has 0 unspecified atom stereocenters. The molecular weight excluding hydrogens is 413 g/mol. The van der Waals surface area contributed by atoms with Crippen LogP contribution in [0, 0.1) is 28.6 Å². The molecule has 29 heavy (non-hydrogen) atoms. The normalized spacial score (nSPS) is 20.1. The van der Waals surface area contributed by atoms with Crippen LogP contribution < -0.4 is 4.74 Å². The number of phenolic OH excluding ortho intramolecular Hbond substituents is 1. The fourth-order valence-corrected chi connectivity index (χ4v) is 3.60. The molecule has 1 aliphatic rings. The molecule has 0 amide bonds. The largest absolute Gasteiger partial charge is 0.508 e. The average Bonchev–Trinajstić information content (AvgIpc) is 3.21. The van der Waals surface area contributed by atoms with Crippen LogP contribution in [0.4, 0.5) is 0 Å². The lowest BCUT2D eigenvalue weighted by Crippen LogP contribution is -2.14. The Balaban J connectivity index is 1.72. The minimum Gasteiger partial charge on any atom is -0.508 e. The lowest BCUT2D eigenvalue weighted by molar-refractivity contribution is -0.149. The highest BCUT2D eigenvalue weighted by Gasteiger charge is 2.62. The highest BCUT2D eigenvalue weighted by atomic mass is 35.5. The van der Waals surface area contributed by atoms with Gasteiger partial charge in [0.2, 0.25) is 6.10 Å². The van der Waals surface area contributed by atoms with Gasteiger partial charge in [0.25, 0.3) is 0 Å². The third kappa shape index (κ3) is 4.84. The van der Waals surface area contributed by atoms with Crippen molar-refractivity contribution in [3.8, 4) is 23.3 Å². The average molecular weight is 432 g/mol. The van der Waals surface area contributed by atoms with E-state index in [4.69, 9.17) is 32.7 Å². The van der Waals surface area contributed by atoms with Crippen LogP contribution in [0.3, 0.4) is 0 Å². The number of allylic oxidation sites excluding steroid dienone is 1. The van der Waals surface area contributed by atoms with Crippen LogP contribution in [-0.4, -0.2) is 11.1 Å². The molecule has 1 aliphatic carbocycles. The third-order valence-corrected chi connectivity index (χ3v) is 5.31. The second-order valence-electron chi connectivity index (χ2n) is 7.40. The summed E-state index contributed by atoms with van der Waals surface area (Å²) in [4.78, 5) is 12.6. The SMILES string of the molecule is CC1(C)[C@H](C=C(Cl)Cl)[C@@H]1C(=O)O[C@@H](C#N)c1cccc(Oc2ccc(O)cc2)c1. The topological polar surface area (TPSA) is 79.6 Å². The molecule has 2 aromatic rings. The molecular formula is C22H19Cl2NO4. The van der Waals surface area contributed by atoms with Crippen molar-refractivity contribution in [3.63, 3.8) is 0 Å². The number of ether oxygens (including phenoxy) is 2. The smallest absolute Gasteiger partial charge is 0.311 e. The zero-order valence-electron chi connectivity index (χ0n) is 15.8. The molecule has 2 aromatic carbocycles. The van der Waals surface area contributed by atoms with Gasteiger partial charge in [-0.15, -0.1) is 0 Å². The van der Waals surface area contributed by atoms with Gasteiger partial charge in [-0.1, -0.05) is 49.2 Å². The maximum absolute atomic E-state index is 12.6. The van der Waals surface area contributed by atoms with Gasteiger partial charge in [0, 0.05) is 5.56 Å². The van der Waals surface area contributed by atoms with E-state index < -0.39 is 18.0 Å². The fraction of sp³-hybridized carbons (Fsp3) is 0.273. The molecule has 0 aromatic heterocycles. The van der Waals surface area contributed by atoms with Gasteiger partial charge in [0.1, 0.15) is 27.8 Å². The number of nitriles is 1. The zero-order valence-corrected chi connectivity index (χ0v) is 17.3. The van der Waals surface area contributed by atoms with E-state index in [1.807, 2.05) is 19.9 Å². The Morgan fingerprint density at radius 2 is 1.90 bits per heavy atom. The van der Waals surface area contributed by atoms with Crippen LogP contribution >= 0.6 is 23.2 Å². The predicted molar refractivity (Wildman–Crippen MR) is 110 cm³/mol.